The van der Waals surface area contributed by atoms with E-state index < -0.39 is 0 Å². The maximum absolute atomic E-state index is 11.2. The first kappa shape index (κ1) is 14.6. The van der Waals surface area contributed by atoms with E-state index in [9.17, 15) is 10.1 Å². The molecule has 2 saturated heterocycles. The second kappa shape index (κ2) is 6.17. The summed E-state index contributed by atoms with van der Waals surface area (Å²) in [4.78, 5) is 15.4. The molecular weight excluding hydrogens is 292 g/mol. The van der Waals surface area contributed by atoms with Gasteiger partial charge in [-0.3, -0.25) is 15.0 Å². The molecule has 2 aliphatic rings. The molecule has 114 valence electrons. The van der Waals surface area contributed by atoms with Crippen molar-refractivity contribution in [3.05, 3.63) is 33.3 Å². The smallest absolute Gasteiger partial charge is 0.294 e. The van der Waals surface area contributed by atoms with Crippen LogP contribution in [-0.2, 0) is 0 Å². The van der Waals surface area contributed by atoms with Crippen LogP contribution in [0, 0.1) is 10.1 Å². The topological polar surface area (TPSA) is 61.7 Å². The van der Waals surface area contributed by atoms with Crippen LogP contribution in [0.3, 0.4) is 0 Å². The maximum Gasteiger partial charge on any atom is 0.294 e. The molecule has 0 aromatic heterocycles. The number of hydrogen-bond donors (Lipinski definition) is 1. The number of nitrogens with one attached hydrogen (secondary N) is 1. The second-order valence-corrected chi connectivity index (χ2v) is 5.94. The first-order valence-corrected chi connectivity index (χ1v) is 7.67. The molecule has 21 heavy (non-hydrogen) atoms. The molecule has 0 saturated carbocycles. The molecule has 1 aromatic rings. The van der Waals surface area contributed by atoms with E-state index in [2.05, 4.69) is 10.2 Å². The molecule has 0 spiro atoms. The Labute approximate surface area is 128 Å². The van der Waals surface area contributed by atoms with Crippen LogP contribution >= 0.6 is 11.6 Å². The largest absolute Gasteiger partial charge is 0.362 e. The molecule has 3 rings (SSSR count). The molecule has 2 aliphatic heterocycles. The molecule has 6 nitrogen and oxygen atoms in total. The molecule has 1 aromatic carbocycles. The van der Waals surface area contributed by atoms with Gasteiger partial charge in [-0.25, -0.2) is 0 Å². The molecule has 7 heteroatoms. The highest BCUT2D eigenvalue weighted by Gasteiger charge is 2.29. The van der Waals surface area contributed by atoms with Crippen LogP contribution in [0.1, 0.15) is 6.42 Å². The molecule has 1 unspecified atom stereocenters. The lowest BCUT2D eigenvalue weighted by Crippen LogP contribution is -2.51. The summed E-state index contributed by atoms with van der Waals surface area (Å²) in [6.07, 6.45) is 1.19. The monoisotopic (exact) mass is 310 g/mol. The number of halogens is 1. The lowest BCUT2D eigenvalue weighted by atomic mass is 10.1. The van der Waals surface area contributed by atoms with Crippen LogP contribution in [0.4, 0.5) is 11.4 Å². The van der Waals surface area contributed by atoms with E-state index in [0.717, 1.165) is 39.3 Å². The van der Waals surface area contributed by atoms with Crippen LogP contribution in [-0.4, -0.2) is 55.1 Å². The van der Waals surface area contributed by atoms with Crippen LogP contribution < -0.4 is 10.2 Å². The van der Waals surface area contributed by atoms with Crippen molar-refractivity contribution < 1.29 is 4.92 Å². The number of anilines is 1. The quantitative estimate of drug-likeness (QED) is 0.680. The zero-order chi connectivity index (χ0) is 14.8. The summed E-state index contributed by atoms with van der Waals surface area (Å²) < 4.78 is 0. The minimum Gasteiger partial charge on any atom is -0.362 e. The number of benzene rings is 1. The Morgan fingerprint density at radius 3 is 2.67 bits per heavy atom. The Balaban J connectivity index is 1.73. The molecule has 2 fully saturated rings. The maximum atomic E-state index is 11.2. The van der Waals surface area contributed by atoms with Gasteiger partial charge in [0.25, 0.3) is 5.69 Å². The van der Waals surface area contributed by atoms with Crippen LogP contribution in [0.2, 0.25) is 5.02 Å². The van der Waals surface area contributed by atoms with E-state index in [1.54, 1.807) is 12.1 Å². The van der Waals surface area contributed by atoms with E-state index in [1.807, 2.05) is 4.90 Å². The van der Waals surface area contributed by atoms with E-state index >= 15 is 0 Å². The van der Waals surface area contributed by atoms with Gasteiger partial charge in [0.1, 0.15) is 5.69 Å². The number of nitro groups is 1. The van der Waals surface area contributed by atoms with E-state index in [-0.39, 0.29) is 10.6 Å². The van der Waals surface area contributed by atoms with Crippen LogP contribution in [0.5, 0.6) is 0 Å². The van der Waals surface area contributed by atoms with Gasteiger partial charge in [-0.2, -0.15) is 0 Å². The Bertz CT molecular complexity index is 526. The molecule has 1 N–H and O–H groups in total. The highest BCUT2D eigenvalue weighted by atomic mass is 35.5. The zero-order valence-electron chi connectivity index (χ0n) is 11.8. The molecular formula is C14H19ClN4O2. The zero-order valence-corrected chi connectivity index (χ0v) is 12.6. The third-order valence-electron chi connectivity index (χ3n) is 4.34. The Morgan fingerprint density at radius 1 is 1.29 bits per heavy atom. The van der Waals surface area contributed by atoms with Crippen LogP contribution in [0.15, 0.2) is 18.2 Å². The van der Waals surface area contributed by atoms with Gasteiger partial charge >= 0.3 is 0 Å². The molecule has 0 amide bonds. The first-order valence-electron chi connectivity index (χ1n) is 7.29. The molecule has 2 heterocycles. The van der Waals surface area contributed by atoms with Gasteiger partial charge in [0.15, 0.2) is 0 Å². The number of para-hydroxylation sites is 1. The van der Waals surface area contributed by atoms with Crippen molar-refractivity contribution in [2.45, 2.75) is 12.5 Å². The van der Waals surface area contributed by atoms with E-state index in [0.29, 0.717) is 16.8 Å². The predicted octanol–water partition coefficient (Wildman–Crippen LogP) is 1.73. The Morgan fingerprint density at radius 2 is 2.05 bits per heavy atom. The summed E-state index contributed by atoms with van der Waals surface area (Å²) in [5.74, 6) is 0. The fourth-order valence-electron chi connectivity index (χ4n) is 3.23. The number of nitro benzene ring substituents is 1. The third-order valence-corrected chi connectivity index (χ3v) is 4.65. The number of piperazine rings is 1. The predicted molar refractivity (Wildman–Crippen MR) is 83.2 cm³/mol. The third kappa shape index (κ3) is 2.97. The summed E-state index contributed by atoms with van der Waals surface area (Å²) in [6.45, 7) is 5.54. The lowest BCUT2D eigenvalue weighted by Gasteiger charge is -2.38. The summed E-state index contributed by atoms with van der Waals surface area (Å²) in [7, 11) is 0. The fourth-order valence-corrected chi connectivity index (χ4v) is 3.52. The van der Waals surface area contributed by atoms with Crippen molar-refractivity contribution in [3.8, 4) is 0 Å². The highest BCUT2D eigenvalue weighted by molar-refractivity contribution is 6.33. The van der Waals surface area contributed by atoms with Crippen molar-refractivity contribution >= 4 is 23.0 Å². The van der Waals surface area contributed by atoms with Gasteiger partial charge in [-0.15, -0.1) is 0 Å². The highest BCUT2D eigenvalue weighted by Crippen LogP contribution is 2.36. The fraction of sp³-hybridized carbons (Fsp3) is 0.571. The van der Waals surface area contributed by atoms with Crippen LogP contribution in [0.25, 0.3) is 0 Å². The van der Waals surface area contributed by atoms with Gasteiger partial charge in [-0.1, -0.05) is 17.7 Å². The summed E-state index contributed by atoms with van der Waals surface area (Å²) in [5.41, 5.74) is 0.659. The van der Waals surface area contributed by atoms with E-state index in [4.69, 9.17) is 11.6 Å². The second-order valence-electron chi connectivity index (χ2n) is 5.53. The van der Waals surface area contributed by atoms with Crippen molar-refractivity contribution in [1.82, 2.24) is 10.2 Å². The number of nitrogens with zero attached hydrogens (tertiary/aromatic N) is 3. The van der Waals surface area contributed by atoms with Crippen molar-refractivity contribution in [2.24, 2.45) is 0 Å². The standard InChI is InChI=1S/C14H19ClN4O2/c15-12-2-1-3-13(19(20)21)14(12)18-8-6-17(7-9-18)11-4-5-16-10-11/h1-3,11,16H,4-10H2. The Hall–Kier alpha value is -1.37. The van der Waals surface area contributed by atoms with Gasteiger partial charge in [0, 0.05) is 44.8 Å². The molecule has 1 atom stereocenters. The van der Waals surface area contributed by atoms with Crippen molar-refractivity contribution in [2.75, 3.05) is 44.2 Å². The summed E-state index contributed by atoms with van der Waals surface area (Å²) >= 11 is 6.20. The molecule has 0 radical (unpaired) electrons. The normalized spacial score (nSPS) is 23.5. The minimum absolute atomic E-state index is 0.0958. The van der Waals surface area contributed by atoms with Gasteiger partial charge < -0.3 is 10.2 Å². The first-order chi connectivity index (χ1) is 10.2. The van der Waals surface area contributed by atoms with Gasteiger partial charge in [0.2, 0.25) is 0 Å². The van der Waals surface area contributed by atoms with Crippen molar-refractivity contribution in [3.63, 3.8) is 0 Å². The van der Waals surface area contributed by atoms with Crippen molar-refractivity contribution in [1.29, 1.82) is 0 Å². The van der Waals surface area contributed by atoms with Gasteiger partial charge in [0.05, 0.1) is 9.95 Å². The summed E-state index contributed by atoms with van der Waals surface area (Å²) in [6, 6.07) is 5.48. The number of hydrogen-bond acceptors (Lipinski definition) is 5. The average molecular weight is 311 g/mol. The minimum atomic E-state index is -0.353. The Kier molecular flexibility index (Phi) is 4.28. The average Bonchev–Trinajstić information content (AvgIpc) is 3.01. The molecule has 0 bridgehead atoms. The molecule has 0 aliphatic carbocycles. The van der Waals surface area contributed by atoms with E-state index in [1.165, 1.54) is 12.5 Å². The number of rotatable bonds is 3. The SMILES string of the molecule is O=[N+]([O-])c1cccc(Cl)c1N1CCN(C2CCNC2)CC1. The summed E-state index contributed by atoms with van der Waals surface area (Å²) in [5, 5.41) is 15.0. The van der Waals surface area contributed by atoms with Gasteiger partial charge in [-0.05, 0) is 19.0 Å². The lowest BCUT2D eigenvalue weighted by molar-refractivity contribution is -0.384.